The number of hydrogen-bond acceptors (Lipinski definition) is 8. The molecule has 1 aromatic rings. The number of fused-ring (bicyclic) bond motifs is 1. The maximum absolute atomic E-state index is 14.4. The lowest BCUT2D eigenvalue weighted by molar-refractivity contribution is -0.146. The molecular formula is C35H51N7O6. The molecule has 1 unspecified atom stereocenters. The van der Waals surface area contributed by atoms with Gasteiger partial charge < -0.3 is 26.2 Å². The number of carbonyl (C=O) groups is 6. The normalized spacial score (nSPS) is 22.3. The smallest absolute Gasteiger partial charge is 0.289 e. The summed E-state index contributed by atoms with van der Waals surface area (Å²) in [5.74, 6) is -3.43. The van der Waals surface area contributed by atoms with Gasteiger partial charge in [-0.15, -0.1) is 6.58 Å². The highest BCUT2D eigenvalue weighted by Gasteiger charge is 2.58. The summed E-state index contributed by atoms with van der Waals surface area (Å²) < 4.78 is 0. The van der Waals surface area contributed by atoms with Gasteiger partial charge in [0.2, 0.25) is 23.5 Å². The third-order valence-corrected chi connectivity index (χ3v) is 9.70. The lowest BCUT2D eigenvalue weighted by Crippen LogP contribution is -2.62. The molecule has 13 nitrogen and oxygen atoms in total. The number of aromatic nitrogens is 2. The Hall–Kier alpha value is -4.16. The second-order valence-electron chi connectivity index (χ2n) is 14.4. The van der Waals surface area contributed by atoms with Crippen molar-refractivity contribution >= 4 is 35.3 Å². The molecule has 3 fully saturated rings. The van der Waals surface area contributed by atoms with Gasteiger partial charge in [0.25, 0.3) is 11.8 Å². The van der Waals surface area contributed by atoms with E-state index in [4.69, 9.17) is 0 Å². The Balaban J connectivity index is 1.53. The van der Waals surface area contributed by atoms with E-state index in [-0.39, 0.29) is 30.0 Å². The van der Waals surface area contributed by atoms with Crippen LogP contribution in [0.3, 0.4) is 0 Å². The molecule has 1 saturated heterocycles. The fourth-order valence-corrected chi connectivity index (χ4v) is 6.92. The number of carbonyl (C=O) groups excluding carboxylic acids is 6. The molecule has 48 heavy (non-hydrogen) atoms. The molecule has 4 rings (SSSR count). The fraction of sp³-hybridized carbons (Fsp3) is 0.657. The van der Waals surface area contributed by atoms with Crippen molar-refractivity contribution in [3.63, 3.8) is 0 Å². The van der Waals surface area contributed by atoms with Gasteiger partial charge in [-0.2, -0.15) is 0 Å². The number of nitrogens with zero attached hydrogens (tertiary/aromatic N) is 3. The van der Waals surface area contributed by atoms with Gasteiger partial charge in [0.1, 0.15) is 23.8 Å². The molecule has 0 radical (unpaired) electrons. The lowest BCUT2D eigenvalue weighted by Gasteiger charge is -2.38. The fourth-order valence-electron chi connectivity index (χ4n) is 6.92. The summed E-state index contributed by atoms with van der Waals surface area (Å²) in [7, 11) is 0. The number of hydrogen-bond donors (Lipinski definition) is 4. The van der Waals surface area contributed by atoms with Crippen molar-refractivity contribution in [2.45, 2.75) is 110 Å². The number of rotatable bonds is 15. The van der Waals surface area contributed by atoms with Gasteiger partial charge in [-0.25, -0.2) is 4.98 Å². The minimum Gasteiger partial charge on any atom is -0.346 e. The summed E-state index contributed by atoms with van der Waals surface area (Å²) in [5.41, 5.74) is -0.649. The van der Waals surface area contributed by atoms with Crippen LogP contribution in [0.5, 0.6) is 0 Å². The molecule has 0 spiro atoms. The van der Waals surface area contributed by atoms with E-state index in [1.807, 2.05) is 27.7 Å². The topological polar surface area (TPSA) is 180 Å². The number of amides is 5. The van der Waals surface area contributed by atoms with Gasteiger partial charge >= 0.3 is 0 Å². The van der Waals surface area contributed by atoms with Gasteiger partial charge in [-0.1, -0.05) is 65.9 Å². The van der Waals surface area contributed by atoms with Crippen molar-refractivity contribution in [3.8, 4) is 0 Å². The van der Waals surface area contributed by atoms with Gasteiger partial charge in [0.15, 0.2) is 0 Å². The van der Waals surface area contributed by atoms with Crippen LogP contribution in [0.4, 0.5) is 0 Å². The molecule has 13 heteroatoms. The van der Waals surface area contributed by atoms with E-state index in [9.17, 15) is 28.8 Å². The molecule has 5 amide bonds. The molecule has 2 heterocycles. The molecule has 2 aliphatic carbocycles. The van der Waals surface area contributed by atoms with E-state index in [1.54, 1.807) is 0 Å². The lowest BCUT2D eigenvalue weighted by atomic mass is 9.82. The zero-order valence-corrected chi connectivity index (χ0v) is 28.6. The first-order valence-corrected chi connectivity index (χ1v) is 17.3. The van der Waals surface area contributed by atoms with Crippen LogP contribution >= 0.6 is 0 Å². The monoisotopic (exact) mass is 665 g/mol. The number of piperidine rings is 1. The Bertz CT molecular complexity index is 1360. The number of Topliss-reactive ketones (excluding diaryl/α,β-unsaturated/α-hetero) is 1. The van der Waals surface area contributed by atoms with Crippen molar-refractivity contribution in [3.05, 3.63) is 36.9 Å². The van der Waals surface area contributed by atoms with E-state index < -0.39 is 64.9 Å². The van der Waals surface area contributed by atoms with Gasteiger partial charge in [-0.3, -0.25) is 33.8 Å². The largest absolute Gasteiger partial charge is 0.346 e. The van der Waals surface area contributed by atoms with Crippen molar-refractivity contribution < 1.29 is 28.8 Å². The van der Waals surface area contributed by atoms with E-state index >= 15 is 0 Å². The van der Waals surface area contributed by atoms with E-state index in [2.05, 4.69) is 37.8 Å². The molecule has 2 saturated carbocycles. The van der Waals surface area contributed by atoms with Gasteiger partial charge in [0.05, 0.1) is 12.2 Å². The highest BCUT2D eigenvalue weighted by Crippen LogP contribution is 2.50. The molecular weight excluding hydrogens is 614 g/mol. The predicted octanol–water partition coefficient (Wildman–Crippen LogP) is 2.08. The molecule has 0 bridgehead atoms. The summed E-state index contributed by atoms with van der Waals surface area (Å²) >= 11 is 0. The number of unbranched alkanes of at least 4 members (excludes halogenated alkanes) is 1. The van der Waals surface area contributed by atoms with Crippen LogP contribution in [0.25, 0.3) is 0 Å². The van der Waals surface area contributed by atoms with Crippen LogP contribution in [0.1, 0.15) is 96.0 Å². The summed E-state index contributed by atoms with van der Waals surface area (Å²) in [6.45, 7) is 11.5. The maximum Gasteiger partial charge on any atom is 0.289 e. The molecule has 6 atom stereocenters. The Morgan fingerprint density at radius 3 is 2.40 bits per heavy atom. The van der Waals surface area contributed by atoms with Crippen LogP contribution in [-0.2, 0) is 24.0 Å². The molecule has 0 aromatic carbocycles. The third-order valence-electron chi connectivity index (χ3n) is 9.70. The summed E-state index contributed by atoms with van der Waals surface area (Å²) in [5, 5.41) is 11.1. The minimum absolute atomic E-state index is 0.0666. The SMILES string of the molecule is C=CCNC(=O)C(=O)C(CCCC)NC(=O)[C@@H]1[C@H]2C[C@H]2CN1C(=O)[C@@H](NC(=O)[C@@H](NC(=O)c1cnccn1)C1CCCCC1)C(C)(C)C. The zero-order chi connectivity index (χ0) is 35.0. The van der Waals surface area contributed by atoms with Crippen molar-refractivity contribution in [2.24, 2.45) is 23.2 Å². The van der Waals surface area contributed by atoms with Crippen LogP contribution in [0, 0.1) is 23.2 Å². The highest BCUT2D eigenvalue weighted by atomic mass is 16.2. The minimum atomic E-state index is -1.02. The summed E-state index contributed by atoms with van der Waals surface area (Å²) in [6.07, 6.45) is 12.6. The van der Waals surface area contributed by atoms with Crippen LogP contribution in [-0.4, -0.2) is 87.4 Å². The second kappa shape index (κ2) is 16.3. The van der Waals surface area contributed by atoms with E-state index in [1.165, 1.54) is 29.6 Å². The highest BCUT2D eigenvalue weighted by molar-refractivity contribution is 6.38. The standard InChI is InChI=1S/C35H51N7O6/c1-6-8-14-24(28(43)33(47)38-15-7-2)39-32(46)27-23-18-22(23)20-42(27)34(48)29(35(3,4)5)41-31(45)26(21-12-10-9-11-13-21)40-30(44)25-19-36-16-17-37-25/h7,16-17,19,21-24,26-27,29H,2,6,8-15,18,20H2,1,3-5H3,(H,38,47)(H,39,46)(H,40,44)(H,41,45)/t22-,23-,24?,26-,27-,29+/m0/s1. The average molecular weight is 666 g/mol. The molecule has 1 aromatic heterocycles. The second-order valence-corrected chi connectivity index (χ2v) is 14.4. The van der Waals surface area contributed by atoms with E-state index in [0.29, 0.717) is 19.4 Å². The number of ketones is 1. The summed E-state index contributed by atoms with van der Waals surface area (Å²) in [4.78, 5) is 90.4. The Kier molecular flexibility index (Phi) is 12.4. The number of likely N-dealkylation sites (tertiary alicyclic amines) is 1. The first-order valence-electron chi connectivity index (χ1n) is 17.3. The number of nitrogens with one attached hydrogen (secondary N) is 4. The van der Waals surface area contributed by atoms with E-state index in [0.717, 1.165) is 44.9 Å². The van der Waals surface area contributed by atoms with Crippen molar-refractivity contribution in [1.29, 1.82) is 0 Å². The van der Waals surface area contributed by atoms with Crippen LogP contribution in [0.15, 0.2) is 31.2 Å². The third kappa shape index (κ3) is 9.04. The van der Waals surface area contributed by atoms with Gasteiger partial charge in [0, 0.05) is 25.5 Å². The first-order chi connectivity index (χ1) is 22.9. The van der Waals surface area contributed by atoms with Crippen molar-refractivity contribution in [2.75, 3.05) is 13.1 Å². The van der Waals surface area contributed by atoms with Crippen LogP contribution < -0.4 is 21.3 Å². The quantitative estimate of drug-likeness (QED) is 0.162. The average Bonchev–Trinajstić information content (AvgIpc) is 3.74. The first kappa shape index (κ1) is 36.7. The maximum atomic E-state index is 14.4. The summed E-state index contributed by atoms with van der Waals surface area (Å²) in [6, 6.07) is -3.74. The van der Waals surface area contributed by atoms with Crippen molar-refractivity contribution in [1.82, 2.24) is 36.1 Å². The zero-order valence-electron chi connectivity index (χ0n) is 28.6. The molecule has 3 aliphatic rings. The Morgan fingerprint density at radius 1 is 1.04 bits per heavy atom. The van der Waals surface area contributed by atoms with Crippen LogP contribution in [0.2, 0.25) is 0 Å². The molecule has 4 N–H and O–H groups in total. The molecule has 1 aliphatic heterocycles. The molecule has 262 valence electrons. The van der Waals surface area contributed by atoms with Gasteiger partial charge in [-0.05, 0) is 48.9 Å². The predicted molar refractivity (Wildman–Crippen MR) is 178 cm³/mol. The Labute approximate surface area is 282 Å². The Morgan fingerprint density at radius 2 is 1.77 bits per heavy atom.